The van der Waals surface area contributed by atoms with E-state index in [0.717, 1.165) is 11.1 Å². The van der Waals surface area contributed by atoms with Crippen molar-refractivity contribution in [1.29, 1.82) is 0 Å². The Bertz CT molecular complexity index is 1120. The zero-order valence-corrected chi connectivity index (χ0v) is 17.8. The van der Waals surface area contributed by atoms with Crippen LogP contribution in [0.1, 0.15) is 5.56 Å². The number of anilines is 1. The Morgan fingerprint density at radius 3 is 2.93 bits per heavy atom. The zero-order chi connectivity index (χ0) is 21.1. The number of nitrogens with one attached hydrogen (secondary N) is 1. The predicted octanol–water partition coefficient (Wildman–Crippen LogP) is 4.55. The summed E-state index contributed by atoms with van der Waals surface area (Å²) in [4.78, 5) is 12.4. The van der Waals surface area contributed by atoms with Crippen LogP contribution in [0.5, 0.6) is 11.5 Å². The topological polar surface area (TPSA) is 78.3 Å². The molecule has 7 nitrogen and oxygen atoms in total. The van der Waals surface area contributed by atoms with Crippen molar-refractivity contribution in [1.82, 2.24) is 14.8 Å². The number of allylic oxidation sites excluding steroid dienone is 1. The lowest BCUT2D eigenvalue weighted by molar-refractivity contribution is -0.113. The molecule has 0 saturated carbocycles. The highest BCUT2D eigenvalue weighted by Crippen LogP contribution is 2.36. The maximum absolute atomic E-state index is 12.4. The summed E-state index contributed by atoms with van der Waals surface area (Å²) >= 11 is 7.33. The van der Waals surface area contributed by atoms with Crippen molar-refractivity contribution in [2.24, 2.45) is 0 Å². The molecule has 9 heteroatoms. The van der Waals surface area contributed by atoms with Gasteiger partial charge in [-0.2, -0.15) is 0 Å². The van der Waals surface area contributed by atoms with E-state index in [4.69, 9.17) is 21.1 Å². The molecule has 2 aromatic carbocycles. The third-order valence-corrected chi connectivity index (χ3v) is 5.67. The van der Waals surface area contributed by atoms with Gasteiger partial charge in [-0.15, -0.1) is 16.8 Å². The molecule has 1 aliphatic heterocycles. The first-order chi connectivity index (χ1) is 14.5. The molecule has 0 unspecified atom stereocenters. The second-order valence-electron chi connectivity index (χ2n) is 6.57. The number of ether oxygens (including phenoxy) is 2. The Hall–Kier alpha value is -2.97. The molecular weight excluding hydrogens is 424 g/mol. The maximum Gasteiger partial charge on any atom is 0.234 e. The Kier molecular flexibility index (Phi) is 5.96. The van der Waals surface area contributed by atoms with Crippen molar-refractivity contribution >= 4 is 35.0 Å². The number of carbonyl (C=O) groups is 1. The summed E-state index contributed by atoms with van der Waals surface area (Å²) in [6.07, 6.45) is 1.76. The normalized spacial score (nSPS) is 12.1. The number of thioether (sulfide) groups is 1. The van der Waals surface area contributed by atoms with Gasteiger partial charge in [0, 0.05) is 22.8 Å². The number of aromatic nitrogens is 3. The number of hydrogen-bond acceptors (Lipinski definition) is 6. The average Bonchev–Trinajstić information content (AvgIpc) is 3.36. The van der Waals surface area contributed by atoms with E-state index in [9.17, 15) is 4.79 Å². The Balaban J connectivity index is 1.50. The molecule has 0 saturated heterocycles. The zero-order valence-electron chi connectivity index (χ0n) is 16.2. The number of hydrogen-bond donors (Lipinski definition) is 1. The molecule has 0 atom stereocenters. The average molecular weight is 443 g/mol. The maximum atomic E-state index is 12.4. The monoisotopic (exact) mass is 442 g/mol. The molecule has 0 fully saturated rings. The summed E-state index contributed by atoms with van der Waals surface area (Å²) in [6, 6.07) is 11.0. The summed E-state index contributed by atoms with van der Waals surface area (Å²) in [5.74, 6) is 2.08. The Morgan fingerprint density at radius 1 is 1.27 bits per heavy atom. The molecule has 0 spiro atoms. The van der Waals surface area contributed by atoms with Gasteiger partial charge in [-0.3, -0.25) is 9.36 Å². The summed E-state index contributed by atoms with van der Waals surface area (Å²) in [5, 5.41) is 12.7. The number of nitrogens with zero attached hydrogens (tertiary/aromatic N) is 3. The number of amides is 1. The van der Waals surface area contributed by atoms with E-state index in [2.05, 4.69) is 22.1 Å². The second-order valence-corrected chi connectivity index (χ2v) is 7.95. The van der Waals surface area contributed by atoms with Crippen LogP contribution in [-0.4, -0.2) is 33.2 Å². The van der Waals surface area contributed by atoms with Crippen molar-refractivity contribution in [2.45, 2.75) is 18.6 Å². The minimum atomic E-state index is -0.150. The lowest BCUT2D eigenvalue weighted by Gasteiger charge is -2.10. The van der Waals surface area contributed by atoms with E-state index in [0.29, 0.717) is 39.7 Å². The Morgan fingerprint density at radius 2 is 2.10 bits per heavy atom. The van der Waals surface area contributed by atoms with Gasteiger partial charge in [0.25, 0.3) is 0 Å². The first kappa shape index (κ1) is 20.3. The standard InChI is InChI=1S/C21H19ClN4O3S/c1-3-8-26-20(14-5-7-17-18(9-14)29-12-28-17)24-25-21(26)30-11-19(27)23-16-10-15(22)6-4-13(16)2/h3-7,9-10H,1,8,11-12H2,2H3,(H,23,27). The van der Waals surface area contributed by atoms with E-state index in [-0.39, 0.29) is 18.5 Å². The highest BCUT2D eigenvalue weighted by molar-refractivity contribution is 7.99. The third kappa shape index (κ3) is 4.29. The van der Waals surface area contributed by atoms with E-state index < -0.39 is 0 Å². The molecule has 30 heavy (non-hydrogen) atoms. The highest BCUT2D eigenvalue weighted by Gasteiger charge is 2.19. The number of aryl methyl sites for hydroxylation is 1. The largest absolute Gasteiger partial charge is 0.454 e. The highest BCUT2D eigenvalue weighted by atomic mass is 35.5. The molecule has 1 aliphatic rings. The van der Waals surface area contributed by atoms with Crippen LogP contribution in [0.4, 0.5) is 5.69 Å². The van der Waals surface area contributed by atoms with Gasteiger partial charge < -0.3 is 14.8 Å². The van der Waals surface area contributed by atoms with Crippen LogP contribution in [-0.2, 0) is 11.3 Å². The van der Waals surface area contributed by atoms with Crippen LogP contribution in [0.25, 0.3) is 11.4 Å². The smallest absolute Gasteiger partial charge is 0.234 e. The van der Waals surface area contributed by atoms with Gasteiger partial charge in [0.05, 0.1) is 5.75 Å². The minimum absolute atomic E-state index is 0.150. The SMILES string of the molecule is C=CCn1c(SCC(=O)Nc2cc(Cl)ccc2C)nnc1-c1ccc2c(c1)OCO2. The summed E-state index contributed by atoms with van der Waals surface area (Å²) in [5.41, 5.74) is 2.49. The molecule has 0 bridgehead atoms. The molecule has 1 amide bonds. The van der Waals surface area contributed by atoms with Crippen LogP contribution >= 0.6 is 23.4 Å². The summed E-state index contributed by atoms with van der Waals surface area (Å²) < 4.78 is 12.7. The van der Waals surface area contributed by atoms with Crippen LogP contribution in [0.3, 0.4) is 0 Å². The third-order valence-electron chi connectivity index (χ3n) is 4.47. The number of fused-ring (bicyclic) bond motifs is 1. The quantitative estimate of drug-likeness (QED) is 0.427. The lowest BCUT2D eigenvalue weighted by atomic mass is 10.2. The molecule has 1 N–H and O–H groups in total. The minimum Gasteiger partial charge on any atom is -0.454 e. The van der Waals surface area contributed by atoms with Gasteiger partial charge in [-0.1, -0.05) is 35.5 Å². The second kappa shape index (κ2) is 8.81. The first-order valence-electron chi connectivity index (χ1n) is 9.18. The van der Waals surface area contributed by atoms with Gasteiger partial charge in [0.2, 0.25) is 12.7 Å². The van der Waals surface area contributed by atoms with Gasteiger partial charge >= 0.3 is 0 Å². The van der Waals surface area contributed by atoms with Gasteiger partial charge in [0.15, 0.2) is 22.5 Å². The number of rotatable bonds is 7. The fourth-order valence-electron chi connectivity index (χ4n) is 2.98. The van der Waals surface area contributed by atoms with E-state index in [1.165, 1.54) is 11.8 Å². The molecule has 4 rings (SSSR count). The fraction of sp³-hybridized carbons (Fsp3) is 0.190. The molecule has 0 radical (unpaired) electrons. The fourth-order valence-corrected chi connectivity index (χ4v) is 3.90. The molecule has 154 valence electrons. The number of benzene rings is 2. The van der Waals surface area contributed by atoms with Crippen molar-refractivity contribution < 1.29 is 14.3 Å². The van der Waals surface area contributed by atoms with Crippen LogP contribution in [0.2, 0.25) is 5.02 Å². The molecule has 1 aromatic heterocycles. The van der Waals surface area contributed by atoms with Crippen molar-refractivity contribution in [2.75, 3.05) is 17.9 Å². The molecule has 2 heterocycles. The van der Waals surface area contributed by atoms with Crippen LogP contribution in [0.15, 0.2) is 54.2 Å². The number of carbonyl (C=O) groups excluding carboxylic acids is 1. The number of halogens is 1. The van der Waals surface area contributed by atoms with Crippen LogP contribution in [0, 0.1) is 6.92 Å². The van der Waals surface area contributed by atoms with E-state index >= 15 is 0 Å². The molecular formula is C21H19ClN4O3S. The van der Waals surface area contributed by atoms with E-state index in [1.807, 2.05) is 35.8 Å². The van der Waals surface area contributed by atoms with Gasteiger partial charge in [-0.05, 0) is 42.8 Å². The Labute approximate surface area is 183 Å². The first-order valence-corrected chi connectivity index (χ1v) is 10.5. The van der Waals surface area contributed by atoms with Gasteiger partial charge in [-0.25, -0.2) is 0 Å². The lowest BCUT2D eigenvalue weighted by Crippen LogP contribution is -2.15. The van der Waals surface area contributed by atoms with Crippen LogP contribution < -0.4 is 14.8 Å². The van der Waals surface area contributed by atoms with E-state index in [1.54, 1.807) is 18.2 Å². The summed E-state index contributed by atoms with van der Waals surface area (Å²) in [7, 11) is 0. The molecule has 3 aromatic rings. The van der Waals surface area contributed by atoms with Crippen molar-refractivity contribution in [3.05, 3.63) is 59.6 Å². The van der Waals surface area contributed by atoms with Crippen molar-refractivity contribution in [3.63, 3.8) is 0 Å². The van der Waals surface area contributed by atoms with Gasteiger partial charge in [0.1, 0.15) is 0 Å². The summed E-state index contributed by atoms with van der Waals surface area (Å²) in [6.45, 7) is 6.45. The predicted molar refractivity (Wildman–Crippen MR) is 117 cm³/mol. The molecule has 0 aliphatic carbocycles. The van der Waals surface area contributed by atoms with Crippen molar-refractivity contribution in [3.8, 4) is 22.9 Å².